The van der Waals surface area contributed by atoms with E-state index in [-0.39, 0.29) is 24.4 Å². The van der Waals surface area contributed by atoms with E-state index in [1.54, 1.807) is 6.07 Å². The molecule has 0 bridgehead atoms. The van der Waals surface area contributed by atoms with Gasteiger partial charge in [-0.3, -0.25) is 9.59 Å². The predicted octanol–water partition coefficient (Wildman–Crippen LogP) is 0.919. The summed E-state index contributed by atoms with van der Waals surface area (Å²) in [6.45, 7) is 0.0507. The summed E-state index contributed by atoms with van der Waals surface area (Å²) >= 11 is 0. The minimum absolute atomic E-state index is 0.0507. The second kappa shape index (κ2) is 5.82. The lowest BCUT2D eigenvalue weighted by Crippen LogP contribution is -2.26. The lowest BCUT2D eigenvalue weighted by Gasteiger charge is -2.19. The smallest absolute Gasteiger partial charge is 0.337 e. The first-order chi connectivity index (χ1) is 9.97. The van der Waals surface area contributed by atoms with Crippen LogP contribution in [0, 0.1) is 5.92 Å². The van der Waals surface area contributed by atoms with Crippen molar-refractivity contribution in [3.05, 3.63) is 23.8 Å². The third-order valence-corrected chi connectivity index (χ3v) is 3.37. The number of benzene rings is 1. The zero-order valence-electron chi connectivity index (χ0n) is 11.7. The summed E-state index contributed by atoms with van der Waals surface area (Å²) in [6, 6.07) is 4.53. The summed E-state index contributed by atoms with van der Waals surface area (Å²) in [7, 11) is 2.69. The van der Waals surface area contributed by atoms with E-state index in [0.29, 0.717) is 11.4 Å². The van der Waals surface area contributed by atoms with E-state index in [0.717, 1.165) is 0 Å². The normalized spacial score (nSPS) is 17.7. The number of methoxy groups -OCH3 is 2. The standard InChI is InChI=1S/C14H15NO6/c1-20-11-4-3-8(14(19)21-2)5-10(11)15-7-9(13(17)18)6-12(15)16/h3-5,9H,6-7H2,1-2H3,(H,17,18). The number of aliphatic carboxylic acids is 1. The van der Waals surface area contributed by atoms with Crippen LogP contribution in [0.3, 0.4) is 0 Å². The molecule has 0 aliphatic carbocycles. The summed E-state index contributed by atoms with van der Waals surface area (Å²) in [5.74, 6) is -2.25. The van der Waals surface area contributed by atoms with E-state index in [2.05, 4.69) is 4.74 Å². The summed E-state index contributed by atoms with van der Waals surface area (Å²) < 4.78 is 9.81. The molecule has 1 amide bonds. The van der Waals surface area contributed by atoms with Gasteiger partial charge in [-0.2, -0.15) is 0 Å². The molecule has 1 atom stereocenters. The topological polar surface area (TPSA) is 93.1 Å². The van der Waals surface area contributed by atoms with Crippen molar-refractivity contribution in [1.82, 2.24) is 0 Å². The zero-order valence-corrected chi connectivity index (χ0v) is 11.7. The Kier molecular flexibility index (Phi) is 4.11. The fourth-order valence-electron chi connectivity index (χ4n) is 2.25. The fourth-order valence-corrected chi connectivity index (χ4v) is 2.25. The molecular weight excluding hydrogens is 278 g/mol. The van der Waals surface area contributed by atoms with Crippen LogP contribution in [-0.4, -0.2) is 43.7 Å². The van der Waals surface area contributed by atoms with Gasteiger partial charge in [0.1, 0.15) is 5.75 Å². The third-order valence-electron chi connectivity index (χ3n) is 3.37. The van der Waals surface area contributed by atoms with E-state index in [9.17, 15) is 14.4 Å². The molecule has 1 fully saturated rings. The Morgan fingerprint density at radius 3 is 2.57 bits per heavy atom. The molecule has 0 aromatic heterocycles. The van der Waals surface area contributed by atoms with Crippen LogP contribution in [0.2, 0.25) is 0 Å². The molecule has 0 radical (unpaired) electrons. The minimum atomic E-state index is -1.02. The number of rotatable bonds is 4. The van der Waals surface area contributed by atoms with Gasteiger partial charge in [0.15, 0.2) is 0 Å². The molecule has 1 saturated heterocycles. The Balaban J connectivity index is 2.39. The van der Waals surface area contributed by atoms with Gasteiger partial charge < -0.3 is 19.5 Å². The quantitative estimate of drug-likeness (QED) is 0.830. The number of carbonyl (C=O) groups is 3. The van der Waals surface area contributed by atoms with Crippen molar-refractivity contribution in [2.45, 2.75) is 6.42 Å². The summed E-state index contributed by atoms with van der Waals surface area (Å²) in [5, 5.41) is 9.02. The molecule has 1 unspecified atom stereocenters. The fraction of sp³-hybridized carbons (Fsp3) is 0.357. The van der Waals surface area contributed by atoms with Gasteiger partial charge >= 0.3 is 11.9 Å². The number of hydrogen-bond donors (Lipinski definition) is 1. The third kappa shape index (κ3) is 2.81. The van der Waals surface area contributed by atoms with Gasteiger partial charge in [-0.15, -0.1) is 0 Å². The molecule has 0 spiro atoms. The number of carbonyl (C=O) groups excluding carboxylic acids is 2. The van der Waals surface area contributed by atoms with Crippen LogP contribution in [0.15, 0.2) is 18.2 Å². The van der Waals surface area contributed by atoms with Crippen LogP contribution in [0.5, 0.6) is 5.75 Å². The Labute approximate surface area is 121 Å². The maximum absolute atomic E-state index is 12.0. The molecule has 1 aromatic carbocycles. The number of anilines is 1. The van der Waals surface area contributed by atoms with E-state index in [1.807, 2.05) is 0 Å². The van der Waals surface area contributed by atoms with E-state index in [1.165, 1.54) is 31.3 Å². The highest BCUT2D eigenvalue weighted by molar-refractivity contribution is 6.01. The number of esters is 1. The second-order valence-corrected chi connectivity index (χ2v) is 4.62. The Morgan fingerprint density at radius 1 is 1.33 bits per heavy atom. The molecule has 1 aliphatic heterocycles. The van der Waals surface area contributed by atoms with Crippen molar-refractivity contribution in [2.75, 3.05) is 25.7 Å². The molecule has 0 saturated carbocycles. The van der Waals surface area contributed by atoms with Crippen LogP contribution < -0.4 is 9.64 Å². The largest absolute Gasteiger partial charge is 0.495 e. The number of carboxylic acid groups (broad SMARTS) is 1. The second-order valence-electron chi connectivity index (χ2n) is 4.62. The maximum Gasteiger partial charge on any atom is 0.337 e. The highest BCUT2D eigenvalue weighted by Crippen LogP contribution is 2.34. The van der Waals surface area contributed by atoms with Gasteiger partial charge in [-0.05, 0) is 18.2 Å². The Morgan fingerprint density at radius 2 is 2.05 bits per heavy atom. The zero-order chi connectivity index (χ0) is 15.6. The van der Waals surface area contributed by atoms with Crippen molar-refractivity contribution >= 4 is 23.5 Å². The number of nitrogens with zero attached hydrogens (tertiary/aromatic N) is 1. The van der Waals surface area contributed by atoms with Crippen LogP contribution in [0.25, 0.3) is 0 Å². The van der Waals surface area contributed by atoms with Crippen molar-refractivity contribution in [2.24, 2.45) is 5.92 Å². The van der Waals surface area contributed by atoms with Crippen molar-refractivity contribution in [3.8, 4) is 5.75 Å². The lowest BCUT2D eigenvalue weighted by molar-refractivity contribution is -0.141. The Hall–Kier alpha value is -2.57. The van der Waals surface area contributed by atoms with Gasteiger partial charge in [0.2, 0.25) is 5.91 Å². The van der Waals surface area contributed by atoms with Gasteiger partial charge in [-0.1, -0.05) is 0 Å². The first-order valence-corrected chi connectivity index (χ1v) is 6.27. The average Bonchev–Trinajstić information content (AvgIpc) is 2.87. The number of carboxylic acids is 1. The SMILES string of the molecule is COC(=O)c1ccc(OC)c(N2CC(C(=O)O)CC2=O)c1. The molecule has 7 heteroatoms. The highest BCUT2D eigenvalue weighted by atomic mass is 16.5. The Bertz CT molecular complexity index is 597. The molecular formula is C14H15NO6. The van der Waals surface area contributed by atoms with Crippen molar-refractivity contribution in [1.29, 1.82) is 0 Å². The first kappa shape index (κ1) is 14.8. The van der Waals surface area contributed by atoms with Crippen LogP contribution in [0.4, 0.5) is 5.69 Å². The molecule has 21 heavy (non-hydrogen) atoms. The molecule has 1 N–H and O–H groups in total. The molecule has 1 aliphatic rings. The average molecular weight is 293 g/mol. The summed E-state index contributed by atoms with van der Waals surface area (Å²) in [4.78, 5) is 35.9. The predicted molar refractivity (Wildman–Crippen MR) is 72.4 cm³/mol. The molecule has 1 heterocycles. The highest BCUT2D eigenvalue weighted by Gasteiger charge is 2.36. The lowest BCUT2D eigenvalue weighted by atomic mass is 10.1. The van der Waals surface area contributed by atoms with Gasteiger partial charge in [0.25, 0.3) is 0 Å². The molecule has 1 aromatic rings. The van der Waals surface area contributed by atoms with Gasteiger partial charge in [0, 0.05) is 13.0 Å². The van der Waals surface area contributed by atoms with E-state index < -0.39 is 17.9 Å². The molecule has 7 nitrogen and oxygen atoms in total. The monoisotopic (exact) mass is 293 g/mol. The minimum Gasteiger partial charge on any atom is -0.495 e. The summed E-state index contributed by atoms with van der Waals surface area (Å²) in [6.07, 6.45) is -0.0685. The maximum atomic E-state index is 12.0. The number of amides is 1. The number of hydrogen-bond acceptors (Lipinski definition) is 5. The van der Waals surface area contributed by atoms with Crippen molar-refractivity contribution < 1.29 is 29.0 Å². The number of ether oxygens (including phenoxy) is 2. The van der Waals surface area contributed by atoms with Crippen LogP contribution in [-0.2, 0) is 14.3 Å². The van der Waals surface area contributed by atoms with Gasteiger partial charge in [-0.25, -0.2) is 4.79 Å². The first-order valence-electron chi connectivity index (χ1n) is 6.27. The molecule has 2 rings (SSSR count). The molecule has 112 valence electrons. The van der Waals surface area contributed by atoms with Crippen LogP contribution in [0.1, 0.15) is 16.8 Å². The van der Waals surface area contributed by atoms with E-state index >= 15 is 0 Å². The van der Waals surface area contributed by atoms with Gasteiger partial charge in [0.05, 0.1) is 31.4 Å². The van der Waals surface area contributed by atoms with Crippen LogP contribution >= 0.6 is 0 Å². The summed E-state index contributed by atoms with van der Waals surface area (Å²) in [5.41, 5.74) is 0.633. The van der Waals surface area contributed by atoms with Crippen molar-refractivity contribution in [3.63, 3.8) is 0 Å². The van der Waals surface area contributed by atoms with E-state index in [4.69, 9.17) is 9.84 Å².